The molecule has 1 N–H and O–H groups in total. The number of amides is 1. The minimum Gasteiger partial charge on any atom is -0.322 e. The fourth-order valence-corrected chi connectivity index (χ4v) is 2.42. The lowest BCUT2D eigenvalue weighted by Crippen LogP contribution is -2.13. The fourth-order valence-electron chi connectivity index (χ4n) is 2.42. The summed E-state index contributed by atoms with van der Waals surface area (Å²) in [5.41, 5.74) is 1.18. The van der Waals surface area contributed by atoms with Crippen molar-refractivity contribution in [3.8, 4) is 0 Å². The molecule has 1 aromatic heterocycles. The van der Waals surface area contributed by atoms with Gasteiger partial charge >= 0.3 is 6.18 Å². The number of alkyl halides is 3. The predicted octanol–water partition coefficient (Wildman–Crippen LogP) is 5.52. The number of nitrogens with zero attached hydrogens (tertiary/aromatic N) is 1. The number of aromatic nitrogens is 1. The number of hydrogen-bond acceptors (Lipinski definition) is 2. The van der Waals surface area contributed by atoms with Gasteiger partial charge in [-0.25, -0.2) is 0 Å². The smallest absolute Gasteiger partial charge is 0.322 e. The van der Waals surface area contributed by atoms with E-state index < -0.39 is 17.6 Å². The van der Waals surface area contributed by atoms with Crippen LogP contribution in [0, 0.1) is 0 Å². The van der Waals surface area contributed by atoms with Crippen LogP contribution in [-0.4, -0.2) is 10.9 Å². The molecule has 6 heteroatoms. The van der Waals surface area contributed by atoms with Crippen LogP contribution in [0.1, 0.15) is 27.2 Å². The van der Waals surface area contributed by atoms with Crippen molar-refractivity contribution >= 4 is 23.7 Å². The first-order chi connectivity index (χ1) is 12.9. The number of rotatable bonds is 4. The lowest BCUT2D eigenvalue weighted by atomic mass is 10.1. The van der Waals surface area contributed by atoms with Gasteiger partial charge in [0, 0.05) is 17.4 Å². The van der Waals surface area contributed by atoms with E-state index in [9.17, 15) is 18.0 Å². The number of carbonyl (C=O) groups excluding carboxylic acids is 1. The van der Waals surface area contributed by atoms with Crippen molar-refractivity contribution in [1.29, 1.82) is 0 Å². The maximum absolute atomic E-state index is 12.8. The molecule has 0 saturated heterocycles. The Balaban J connectivity index is 1.74. The highest BCUT2D eigenvalue weighted by Crippen LogP contribution is 2.29. The number of pyridine rings is 1. The molecule has 3 rings (SSSR count). The Morgan fingerprint density at radius 1 is 0.926 bits per heavy atom. The quantitative estimate of drug-likeness (QED) is 0.658. The Hall–Kier alpha value is -3.41. The first kappa shape index (κ1) is 18.4. The number of carbonyl (C=O) groups is 1. The topological polar surface area (TPSA) is 42.0 Å². The van der Waals surface area contributed by atoms with Crippen molar-refractivity contribution < 1.29 is 18.0 Å². The second kappa shape index (κ2) is 7.86. The van der Waals surface area contributed by atoms with Crippen molar-refractivity contribution in [2.75, 3.05) is 5.32 Å². The van der Waals surface area contributed by atoms with Crippen LogP contribution in [0.2, 0.25) is 0 Å². The van der Waals surface area contributed by atoms with Gasteiger partial charge in [-0.05, 0) is 54.1 Å². The van der Waals surface area contributed by atoms with E-state index in [0.717, 1.165) is 23.4 Å². The molecule has 0 radical (unpaired) electrons. The molecule has 1 amide bonds. The van der Waals surface area contributed by atoms with Gasteiger partial charge in [-0.15, -0.1) is 0 Å². The number of hydrogen-bond donors (Lipinski definition) is 1. The van der Waals surface area contributed by atoms with Crippen molar-refractivity contribution in [1.82, 2.24) is 4.98 Å². The Morgan fingerprint density at radius 3 is 2.48 bits per heavy atom. The molecule has 2 aromatic carbocycles. The van der Waals surface area contributed by atoms with Crippen LogP contribution in [0.3, 0.4) is 0 Å². The third-order valence-corrected chi connectivity index (χ3v) is 3.73. The average molecular weight is 368 g/mol. The minimum absolute atomic E-state index is 0.0562. The highest BCUT2D eigenvalue weighted by atomic mass is 19.4. The summed E-state index contributed by atoms with van der Waals surface area (Å²) in [6.45, 7) is 0. The third kappa shape index (κ3) is 5.04. The van der Waals surface area contributed by atoms with E-state index >= 15 is 0 Å². The highest BCUT2D eigenvalue weighted by Gasteiger charge is 2.30. The van der Waals surface area contributed by atoms with Crippen LogP contribution >= 0.6 is 0 Å². The summed E-state index contributed by atoms with van der Waals surface area (Å²) in [6, 6.07) is 16.9. The summed E-state index contributed by atoms with van der Waals surface area (Å²) in [6.07, 6.45) is 0.855. The van der Waals surface area contributed by atoms with Crippen LogP contribution in [0.15, 0.2) is 72.9 Å². The highest BCUT2D eigenvalue weighted by molar-refractivity contribution is 6.04. The first-order valence-electron chi connectivity index (χ1n) is 8.09. The normalized spacial score (nSPS) is 11.5. The van der Waals surface area contributed by atoms with E-state index in [1.165, 1.54) is 12.1 Å². The van der Waals surface area contributed by atoms with Gasteiger partial charge in [-0.1, -0.05) is 30.3 Å². The van der Waals surface area contributed by atoms with Crippen molar-refractivity contribution in [3.63, 3.8) is 0 Å². The largest absolute Gasteiger partial charge is 0.416 e. The summed E-state index contributed by atoms with van der Waals surface area (Å²) in [7, 11) is 0. The van der Waals surface area contributed by atoms with E-state index in [-0.39, 0.29) is 5.56 Å². The minimum atomic E-state index is -4.49. The molecule has 0 saturated carbocycles. The Morgan fingerprint density at radius 2 is 1.74 bits per heavy atom. The Kier molecular flexibility index (Phi) is 5.35. The maximum atomic E-state index is 12.8. The molecule has 0 spiro atoms. The van der Waals surface area contributed by atoms with Gasteiger partial charge in [-0.2, -0.15) is 13.2 Å². The molecular weight excluding hydrogens is 353 g/mol. The summed E-state index contributed by atoms with van der Waals surface area (Å²) >= 11 is 0. The van der Waals surface area contributed by atoms with Gasteiger partial charge in [0.25, 0.3) is 5.91 Å². The summed E-state index contributed by atoms with van der Waals surface area (Å²) in [5.74, 6) is -0.605. The van der Waals surface area contributed by atoms with Crippen molar-refractivity contribution in [2.24, 2.45) is 0 Å². The lowest BCUT2D eigenvalue weighted by molar-refractivity contribution is -0.137. The Labute approximate surface area is 154 Å². The molecule has 0 bridgehead atoms. The molecule has 0 aliphatic rings. The average Bonchev–Trinajstić information content (AvgIpc) is 2.67. The van der Waals surface area contributed by atoms with Gasteiger partial charge in [-0.3, -0.25) is 9.78 Å². The van der Waals surface area contributed by atoms with Gasteiger partial charge in [0.15, 0.2) is 0 Å². The first-order valence-corrected chi connectivity index (χ1v) is 8.09. The molecule has 0 aliphatic carbocycles. The van der Waals surface area contributed by atoms with E-state index in [4.69, 9.17) is 0 Å². The number of nitrogens with one attached hydrogen (secondary N) is 1. The zero-order chi connectivity index (χ0) is 19.3. The van der Waals surface area contributed by atoms with Gasteiger partial charge in [0.1, 0.15) is 0 Å². The van der Waals surface area contributed by atoms with E-state index in [1.807, 2.05) is 36.4 Å². The Bertz CT molecular complexity index is 966. The van der Waals surface area contributed by atoms with Crippen molar-refractivity contribution in [3.05, 3.63) is 95.3 Å². The molecule has 0 fully saturated rings. The number of anilines is 1. The van der Waals surface area contributed by atoms with E-state index in [2.05, 4.69) is 10.3 Å². The predicted molar refractivity (Wildman–Crippen MR) is 99.0 cm³/mol. The van der Waals surface area contributed by atoms with Crippen LogP contribution in [0.25, 0.3) is 12.2 Å². The van der Waals surface area contributed by atoms with Gasteiger partial charge in [0.2, 0.25) is 0 Å². The standard InChI is InChI=1S/C21H15F3N2O/c22-21(23,24)17-7-4-6-16(14-17)20(27)26-19-9-3-5-15(13-19)10-11-18-8-1-2-12-25-18/h1-14H,(H,26,27)/b11-10+. The van der Waals surface area contributed by atoms with Crippen LogP contribution in [0.4, 0.5) is 18.9 Å². The molecule has 3 nitrogen and oxygen atoms in total. The summed E-state index contributed by atoms with van der Waals surface area (Å²) < 4.78 is 38.4. The van der Waals surface area contributed by atoms with E-state index in [0.29, 0.717) is 5.69 Å². The molecule has 136 valence electrons. The summed E-state index contributed by atoms with van der Waals surface area (Å²) in [5, 5.41) is 2.62. The van der Waals surface area contributed by atoms with Gasteiger partial charge < -0.3 is 5.32 Å². The maximum Gasteiger partial charge on any atom is 0.416 e. The van der Waals surface area contributed by atoms with Crippen LogP contribution in [-0.2, 0) is 6.18 Å². The molecule has 27 heavy (non-hydrogen) atoms. The van der Waals surface area contributed by atoms with Crippen LogP contribution in [0.5, 0.6) is 0 Å². The SMILES string of the molecule is O=C(Nc1cccc(/C=C/c2ccccn2)c1)c1cccc(C(F)(F)F)c1. The molecule has 0 aliphatic heterocycles. The monoisotopic (exact) mass is 368 g/mol. The number of benzene rings is 2. The second-order valence-corrected chi connectivity index (χ2v) is 5.75. The van der Waals surface area contributed by atoms with Crippen molar-refractivity contribution in [2.45, 2.75) is 6.18 Å². The zero-order valence-corrected chi connectivity index (χ0v) is 14.1. The molecule has 3 aromatic rings. The third-order valence-electron chi connectivity index (χ3n) is 3.73. The number of halogens is 3. The lowest BCUT2D eigenvalue weighted by Gasteiger charge is -2.09. The van der Waals surface area contributed by atoms with Gasteiger partial charge in [0.05, 0.1) is 11.3 Å². The van der Waals surface area contributed by atoms with Crippen LogP contribution < -0.4 is 5.32 Å². The zero-order valence-electron chi connectivity index (χ0n) is 14.1. The molecular formula is C21H15F3N2O. The molecule has 0 atom stereocenters. The molecule has 0 unspecified atom stereocenters. The van der Waals surface area contributed by atoms with E-state index in [1.54, 1.807) is 24.4 Å². The molecule has 1 heterocycles. The summed E-state index contributed by atoms with van der Waals surface area (Å²) in [4.78, 5) is 16.5. The second-order valence-electron chi connectivity index (χ2n) is 5.75. The fraction of sp³-hybridized carbons (Fsp3) is 0.0476.